The molecule has 0 aliphatic heterocycles. The highest BCUT2D eigenvalue weighted by molar-refractivity contribution is 7.92. The zero-order valence-electron chi connectivity index (χ0n) is 12.4. The third kappa shape index (κ3) is 4.32. The van der Waals surface area contributed by atoms with E-state index in [0.29, 0.717) is 11.3 Å². The van der Waals surface area contributed by atoms with Crippen molar-refractivity contribution in [2.75, 3.05) is 11.8 Å². The summed E-state index contributed by atoms with van der Waals surface area (Å²) in [5, 5.41) is 0. The predicted molar refractivity (Wildman–Crippen MR) is 81.6 cm³/mol. The van der Waals surface area contributed by atoms with Crippen LogP contribution in [0, 0.1) is 6.92 Å². The molecule has 0 aliphatic rings. The summed E-state index contributed by atoms with van der Waals surface area (Å²) in [6.07, 6.45) is 0. The Balaban J connectivity index is 2.28. The number of methoxy groups -OCH3 is 1. The number of ether oxygens (including phenoxy) is 2. The number of hydrogen-bond acceptors (Lipinski definition) is 4. The van der Waals surface area contributed by atoms with Crippen molar-refractivity contribution >= 4 is 15.7 Å². The van der Waals surface area contributed by atoms with Crippen molar-refractivity contribution in [1.82, 2.24) is 0 Å². The fraction of sp³-hybridized carbons (Fsp3) is 0.200. The van der Waals surface area contributed by atoms with Crippen molar-refractivity contribution < 1.29 is 26.7 Å². The van der Waals surface area contributed by atoms with Crippen molar-refractivity contribution in [3.05, 3.63) is 48.0 Å². The zero-order chi connectivity index (χ0) is 17.0. The van der Waals surface area contributed by atoms with Crippen LogP contribution in [0.5, 0.6) is 11.5 Å². The minimum absolute atomic E-state index is 0.0680. The van der Waals surface area contributed by atoms with Crippen LogP contribution in [0.15, 0.2) is 47.4 Å². The second-order valence-corrected chi connectivity index (χ2v) is 6.29. The molecular weight excluding hydrogens is 328 g/mol. The number of halogens is 2. The molecule has 0 fully saturated rings. The van der Waals surface area contributed by atoms with Crippen molar-refractivity contribution in [3.8, 4) is 11.5 Å². The lowest BCUT2D eigenvalue weighted by Crippen LogP contribution is -2.14. The molecule has 0 heterocycles. The summed E-state index contributed by atoms with van der Waals surface area (Å²) < 4.78 is 60.9. The Morgan fingerprint density at radius 3 is 2.43 bits per heavy atom. The van der Waals surface area contributed by atoms with Crippen LogP contribution < -0.4 is 14.2 Å². The highest BCUT2D eigenvalue weighted by Gasteiger charge is 2.18. The first-order chi connectivity index (χ1) is 10.8. The lowest BCUT2D eigenvalue weighted by molar-refractivity contribution is -0.0497. The summed E-state index contributed by atoms with van der Waals surface area (Å²) in [6, 6.07) is 9.87. The van der Waals surface area contributed by atoms with Crippen LogP contribution in [-0.4, -0.2) is 22.1 Å². The van der Waals surface area contributed by atoms with Gasteiger partial charge in [-0.1, -0.05) is 6.07 Å². The molecular formula is C15H15F2NO4S. The minimum Gasteiger partial charge on any atom is -0.497 e. The number of hydrogen-bond donors (Lipinski definition) is 1. The molecule has 2 rings (SSSR count). The van der Waals surface area contributed by atoms with Crippen LogP contribution in [0.3, 0.4) is 0 Å². The summed E-state index contributed by atoms with van der Waals surface area (Å²) in [5.74, 6) is 0.403. The number of anilines is 1. The van der Waals surface area contributed by atoms with Gasteiger partial charge in [-0.25, -0.2) is 8.42 Å². The van der Waals surface area contributed by atoms with Crippen molar-refractivity contribution in [3.63, 3.8) is 0 Å². The molecule has 0 amide bonds. The molecule has 0 bridgehead atoms. The molecule has 0 saturated heterocycles. The van der Waals surface area contributed by atoms with E-state index in [-0.39, 0.29) is 16.3 Å². The number of nitrogens with one attached hydrogen (secondary N) is 1. The Morgan fingerprint density at radius 2 is 1.83 bits per heavy atom. The van der Waals surface area contributed by atoms with Gasteiger partial charge in [0.05, 0.1) is 17.7 Å². The van der Waals surface area contributed by atoms with Crippen LogP contribution in [0.4, 0.5) is 14.5 Å². The number of benzene rings is 2. The van der Waals surface area contributed by atoms with Gasteiger partial charge < -0.3 is 9.47 Å². The average Bonchev–Trinajstić information content (AvgIpc) is 2.45. The fourth-order valence-corrected chi connectivity index (χ4v) is 3.27. The van der Waals surface area contributed by atoms with Gasteiger partial charge in [-0.2, -0.15) is 8.78 Å². The number of sulfonamides is 1. The molecule has 0 aromatic heterocycles. The first-order valence-corrected chi connectivity index (χ1v) is 8.02. The second-order valence-electron chi connectivity index (χ2n) is 4.64. The van der Waals surface area contributed by atoms with Gasteiger partial charge in [0, 0.05) is 6.07 Å². The largest absolute Gasteiger partial charge is 0.497 e. The van der Waals surface area contributed by atoms with Gasteiger partial charge in [-0.3, -0.25) is 4.72 Å². The van der Waals surface area contributed by atoms with E-state index >= 15 is 0 Å². The third-order valence-electron chi connectivity index (χ3n) is 2.98. The molecule has 5 nitrogen and oxygen atoms in total. The van der Waals surface area contributed by atoms with E-state index in [0.717, 1.165) is 0 Å². The first kappa shape index (κ1) is 17.0. The highest BCUT2D eigenvalue weighted by atomic mass is 32.2. The quantitative estimate of drug-likeness (QED) is 0.873. The molecule has 2 aromatic carbocycles. The van der Waals surface area contributed by atoms with E-state index in [1.54, 1.807) is 13.0 Å². The van der Waals surface area contributed by atoms with Crippen molar-refractivity contribution in [2.45, 2.75) is 18.4 Å². The minimum atomic E-state index is -3.86. The number of aryl methyl sites for hydroxylation is 1. The zero-order valence-corrected chi connectivity index (χ0v) is 13.2. The molecule has 8 heteroatoms. The van der Waals surface area contributed by atoms with Crippen LogP contribution in [0.1, 0.15) is 5.56 Å². The fourth-order valence-electron chi connectivity index (χ4n) is 2.00. The van der Waals surface area contributed by atoms with Crippen LogP contribution in [-0.2, 0) is 10.0 Å². The summed E-state index contributed by atoms with van der Waals surface area (Å²) in [4.78, 5) is 0.0680. The van der Waals surface area contributed by atoms with Gasteiger partial charge in [0.1, 0.15) is 11.5 Å². The van der Waals surface area contributed by atoms with Crippen LogP contribution in [0.25, 0.3) is 0 Å². The Kier molecular flexibility index (Phi) is 5.05. The maximum absolute atomic E-state index is 12.4. The SMILES string of the molecule is COc1ccc(S(=O)(=O)Nc2cccc(OC(F)F)c2)c(C)c1. The predicted octanol–water partition coefficient (Wildman–Crippen LogP) is 3.41. The van der Waals surface area contributed by atoms with E-state index in [4.69, 9.17) is 4.74 Å². The molecule has 23 heavy (non-hydrogen) atoms. The summed E-state index contributed by atoms with van der Waals surface area (Å²) in [7, 11) is -2.38. The standard InChI is InChI=1S/C15H15F2NO4S/c1-10-8-12(21-2)6-7-14(10)23(19,20)18-11-4-3-5-13(9-11)22-15(16)17/h3-9,15,18H,1-2H3. The lowest BCUT2D eigenvalue weighted by atomic mass is 10.2. The van der Waals surface area contributed by atoms with Gasteiger partial charge >= 0.3 is 6.61 Å². The molecule has 0 radical (unpaired) electrons. The lowest BCUT2D eigenvalue weighted by Gasteiger charge is -2.12. The molecule has 0 atom stereocenters. The van der Waals surface area contributed by atoms with Gasteiger partial charge in [0.15, 0.2) is 0 Å². The number of rotatable bonds is 6. The molecule has 0 saturated carbocycles. The molecule has 1 N–H and O–H groups in total. The van der Waals surface area contributed by atoms with E-state index in [1.807, 2.05) is 0 Å². The maximum Gasteiger partial charge on any atom is 0.387 e. The van der Waals surface area contributed by atoms with Crippen molar-refractivity contribution in [2.24, 2.45) is 0 Å². The summed E-state index contributed by atoms with van der Waals surface area (Å²) in [5.41, 5.74) is 0.621. The van der Waals surface area contributed by atoms with E-state index < -0.39 is 16.6 Å². The van der Waals surface area contributed by atoms with E-state index in [1.165, 1.54) is 43.5 Å². The van der Waals surface area contributed by atoms with Gasteiger partial charge in [-0.15, -0.1) is 0 Å². The average molecular weight is 343 g/mol. The maximum atomic E-state index is 12.4. The van der Waals surface area contributed by atoms with E-state index in [2.05, 4.69) is 9.46 Å². The summed E-state index contributed by atoms with van der Waals surface area (Å²) >= 11 is 0. The van der Waals surface area contributed by atoms with E-state index in [9.17, 15) is 17.2 Å². The van der Waals surface area contributed by atoms with Crippen LogP contribution >= 0.6 is 0 Å². The molecule has 0 aliphatic carbocycles. The topological polar surface area (TPSA) is 64.6 Å². The third-order valence-corrected chi connectivity index (χ3v) is 4.52. The Morgan fingerprint density at radius 1 is 1.09 bits per heavy atom. The normalized spacial score (nSPS) is 11.3. The first-order valence-electron chi connectivity index (χ1n) is 6.54. The Bertz CT molecular complexity index is 794. The van der Waals surface area contributed by atoms with Gasteiger partial charge in [0.25, 0.3) is 10.0 Å². The Labute approximate surface area is 132 Å². The molecule has 0 unspecified atom stereocenters. The van der Waals surface area contributed by atoms with Crippen molar-refractivity contribution in [1.29, 1.82) is 0 Å². The highest BCUT2D eigenvalue weighted by Crippen LogP contribution is 2.25. The monoisotopic (exact) mass is 343 g/mol. The molecule has 2 aromatic rings. The summed E-state index contributed by atoms with van der Waals surface area (Å²) in [6.45, 7) is -1.35. The Hall–Kier alpha value is -2.35. The van der Waals surface area contributed by atoms with Gasteiger partial charge in [0.2, 0.25) is 0 Å². The smallest absolute Gasteiger partial charge is 0.387 e. The number of alkyl halides is 2. The van der Waals surface area contributed by atoms with Gasteiger partial charge in [-0.05, 0) is 42.8 Å². The van der Waals surface area contributed by atoms with Crippen LogP contribution in [0.2, 0.25) is 0 Å². The second kappa shape index (κ2) is 6.82. The molecule has 124 valence electrons. The molecule has 0 spiro atoms.